The van der Waals surface area contributed by atoms with E-state index in [0.29, 0.717) is 30.2 Å². The molecule has 0 fully saturated rings. The summed E-state index contributed by atoms with van der Waals surface area (Å²) in [6.07, 6.45) is 4.39. The van der Waals surface area contributed by atoms with Gasteiger partial charge in [0, 0.05) is 28.8 Å². The molecule has 31 heavy (non-hydrogen) atoms. The quantitative estimate of drug-likeness (QED) is 0.0857. The highest BCUT2D eigenvalue weighted by Crippen LogP contribution is 2.28. The third-order valence-electron chi connectivity index (χ3n) is 4.42. The number of aliphatic imine (C=N–C) groups is 1. The Morgan fingerprint density at radius 1 is 1.23 bits per heavy atom. The molecule has 3 rings (SSSR count). The fraction of sp³-hybridized carbons (Fsp3) is 0.190. The first kappa shape index (κ1) is 22.1. The maximum absolute atomic E-state index is 12.4. The lowest BCUT2D eigenvalue weighted by Gasteiger charge is -2.12. The number of esters is 1. The highest BCUT2D eigenvalue weighted by atomic mass is 35.5. The van der Waals surface area contributed by atoms with Gasteiger partial charge in [0.15, 0.2) is 5.96 Å². The maximum atomic E-state index is 12.4. The molecular weight excluding hydrogens is 418 g/mol. The lowest BCUT2D eigenvalue weighted by atomic mass is 10.1. The molecule has 0 saturated carbocycles. The number of halogens is 1. The summed E-state index contributed by atoms with van der Waals surface area (Å²) in [7, 11) is 0. The molecule has 1 aromatic heterocycles. The van der Waals surface area contributed by atoms with E-state index in [1.54, 1.807) is 36.7 Å². The number of fused-ring (bicyclic) bond motifs is 1. The largest absolute Gasteiger partial charge is 0.425 e. The smallest absolute Gasteiger partial charge is 0.328 e. The van der Waals surface area contributed by atoms with E-state index >= 15 is 0 Å². The van der Waals surface area contributed by atoms with Crippen molar-refractivity contribution in [2.24, 2.45) is 27.3 Å². The molecule has 9 nitrogen and oxygen atoms in total. The number of hydrogen-bond donors (Lipinski definition) is 5. The van der Waals surface area contributed by atoms with Gasteiger partial charge in [-0.25, -0.2) is 4.79 Å². The van der Waals surface area contributed by atoms with E-state index in [9.17, 15) is 4.79 Å². The fourth-order valence-corrected chi connectivity index (χ4v) is 3.01. The third kappa shape index (κ3) is 6.21. The molecular formula is C21H24ClN7O2. The third-order valence-corrected chi connectivity index (χ3v) is 4.67. The minimum atomic E-state index is -0.785. The van der Waals surface area contributed by atoms with Crippen LogP contribution in [-0.4, -0.2) is 35.7 Å². The van der Waals surface area contributed by atoms with Crippen molar-refractivity contribution in [1.82, 2.24) is 4.98 Å². The zero-order valence-electron chi connectivity index (χ0n) is 16.7. The first-order chi connectivity index (χ1) is 14.9. The Bertz CT molecular complexity index is 1090. The highest BCUT2D eigenvalue weighted by molar-refractivity contribution is 6.30. The number of carbonyl (C=O) groups is 1. The van der Waals surface area contributed by atoms with Gasteiger partial charge in [0.05, 0.1) is 17.3 Å². The van der Waals surface area contributed by atoms with Crippen molar-refractivity contribution in [3.8, 4) is 5.75 Å². The Morgan fingerprint density at radius 3 is 2.74 bits per heavy atom. The van der Waals surface area contributed by atoms with Crippen molar-refractivity contribution >= 4 is 46.3 Å². The molecule has 2 aromatic carbocycles. The Morgan fingerprint density at radius 2 is 2.00 bits per heavy atom. The average Bonchev–Trinajstić information content (AvgIpc) is 3.16. The molecule has 0 aliphatic heterocycles. The van der Waals surface area contributed by atoms with E-state index in [0.717, 1.165) is 22.2 Å². The number of benzene rings is 2. The molecule has 10 heteroatoms. The van der Waals surface area contributed by atoms with Crippen molar-refractivity contribution in [1.29, 1.82) is 0 Å². The predicted molar refractivity (Wildman–Crippen MR) is 124 cm³/mol. The number of hydrogen-bond acceptors (Lipinski definition) is 6. The van der Waals surface area contributed by atoms with Gasteiger partial charge in [0.25, 0.3) is 0 Å². The molecule has 1 unspecified atom stereocenters. The number of aromatic amines is 1. The van der Waals surface area contributed by atoms with Crippen LogP contribution in [0.15, 0.2) is 58.8 Å². The van der Waals surface area contributed by atoms with Gasteiger partial charge < -0.3 is 26.9 Å². The number of guanidine groups is 1. The minimum Gasteiger partial charge on any atom is -0.425 e. The lowest BCUT2D eigenvalue weighted by molar-refractivity contribution is -0.135. The molecule has 0 bridgehead atoms. The van der Waals surface area contributed by atoms with Gasteiger partial charge in [-0.3, -0.25) is 10.4 Å². The first-order valence-electron chi connectivity index (χ1n) is 9.61. The second kappa shape index (κ2) is 10.5. The lowest BCUT2D eigenvalue weighted by Crippen LogP contribution is -2.34. The van der Waals surface area contributed by atoms with Crippen LogP contribution in [0.2, 0.25) is 5.02 Å². The molecule has 0 spiro atoms. The molecule has 0 amide bonds. The van der Waals surface area contributed by atoms with Crippen LogP contribution >= 0.6 is 11.6 Å². The van der Waals surface area contributed by atoms with Gasteiger partial charge in [0.1, 0.15) is 11.8 Å². The highest BCUT2D eigenvalue weighted by Gasteiger charge is 2.18. The van der Waals surface area contributed by atoms with E-state index in [4.69, 9.17) is 33.5 Å². The Hall–Kier alpha value is -3.56. The van der Waals surface area contributed by atoms with Gasteiger partial charge in [-0.15, -0.1) is 0 Å². The number of ether oxygens (including phenoxy) is 1. The Labute approximate surface area is 184 Å². The Balaban J connectivity index is 1.69. The van der Waals surface area contributed by atoms with Gasteiger partial charge in [-0.2, -0.15) is 5.10 Å². The van der Waals surface area contributed by atoms with E-state index in [2.05, 4.69) is 20.5 Å². The normalized spacial score (nSPS) is 12.1. The van der Waals surface area contributed by atoms with E-state index in [1.165, 1.54) is 0 Å². The predicted octanol–water partition coefficient (Wildman–Crippen LogP) is 2.55. The molecule has 0 aliphatic rings. The van der Waals surface area contributed by atoms with Crippen LogP contribution < -0.4 is 27.4 Å². The Kier molecular flexibility index (Phi) is 7.47. The van der Waals surface area contributed by atoms with Gasteiger partial charge in [-0.05, 0) is 49.2 Å². The number of H-pyrrole nitrogens is 1. The van der Waals surface area contributed by atoms with Gasteiger partial charge in [0.2, 0.25) is 0 Å². The summed E-state index contributed by atoms with van der Waals surface area (Å²) < 4.78 is 5.58. The zero-order valence-corrected chi connectivity index (χ0v) is 17.5. The minimum absolute atomic E-state index is 0.00929. The van der Waals surface area contributed by atoms with E-state index in [1.807, 2.05) is 18.2 Å². The van der Waals surface area contributed by atoms with Gasteiger partial charge in [-0.1, -0.05) is 17.7 Å². The number of rotatable bonds is 9. The summed E-state index contributed by atoms with van der Waals surface area (Å²) in [4.78, 5) is 19.5. The molecule has 1 atom stereocenters. The number of nitrogens with zero attached hydrogens (tertiary/aromatic N) is 2. The van der Waals surface area contributed by atoms with Crippen molar-refractivity contribution in [2.75, 3.05) is 12.0 Å². The van der Waals surface area contributed by atoms with Crippen molar-refractivity contribution < 1.29 is 9.53 Å². The van der Waals surface area contributed by atoms with Crippen LogP contribution in [0.5, 0.6) is 5.75 Å². The van der Waals surface area contributed by atoms with Crippen molar-refractivity contribution in [3.05, 3.63) is 59.2 Å². The maximum Gasteiger partial charge on any atom is 0.328 e. The standard InChI is InChI=1S/C21H24ClN7O2/c22-14-6-8-15(9-7-14)29-28-12-13-11-27-17-4-1-5-18(19(13)17)31-20(30)16(23)3-2-10-26-21(24)25/h1,4-9,11-12,16,27,29H,2-3,10,23H2,(H4,24,25,26)/b28-12+. The summed E-state index contributed by atoms with van der Waals surface area (Å²) in [6, 6.07) is 11.8. The second-order valence-corrected chi connectivity index (χ2v) is 7.21. The number of anilines is 1. The van der Waals surface area contributed by atoms with Gasteiger partial charge >= 0.3 is 5.97 Å². The molecule has 0 aliphatic carbocycles. The summed E-state index contributed by atoms with van der Waals surface area (Å²) in [5, 5.41) is 5.62. The second-order valence-electron chi connectivity index (χ2n) is 6.78. The summed E-state index contributed by atoms with van der Waals surface area (Å²) in [6.45, 7) is 0.401. The molecule has 0 radical (unpaired) electrons. The molecule has 162 valence electrons. The SMILES string of the molecule is NC(N)=NCCCC(N)C(=O)Oc1cccc2[nH]cc(/C=N/Nc3ccc(Cl)cc3)c12. The summed E-state index contributed by atoms with van der Waals surface area (Å²) in [5.74, 6) is -0.119. The topological polar surface area (TPSA) is 157 Å². The summed E-state index contributed by atoms with van der Waals surface area (Å²) >= 11 is 5.88. The monoisotopic (exact) mass is 441 g/mol. The van der Waals surface area contributed by atoms with Crippen LogP contribution in [0, 0.1) is 0 Å². The molecule has 1 heterocycles. The average molecular weight is 442 g/mol. The van der Waals surface area contributed by atoms with Crippen LogP contribution in [-0.2, 0) is 4.79 Å². The van der Waals surface area contributed by atoms with Crippen LogP contribution in [0.25, 0.3) is 10.9 Å². The number of carbonyl (C=O) groups excluding carboxylic acids is 1. The number of hydrazone groups is 1. The first-order valence-corrected chi connectivity index (χ1v) is 9.99. The summed E-state index contributed by atoms with van der Waals surface area (Å²) in [5.41, 5.74) is 21.8. The number of nitrogens with one attached hydrogen (secondary N) is 2. The zero-order chi connectivity index (χ0) is 22.2. The van der Waals surface area contributed by atoms with E-state index in [-0.39, 0.29) is 5.96 Å². The molecule has 0 saturated heterocycles. The number of aromatic nitrogens is 1. The van der Waals surface area contributed by atoms with Crippen LogP contribution in [0.1, 0.15) is 18.4 Å². The van der Waals surface area contributed by atoms with Crippen LogP contribution in [0.3, 0.4) is 0 Å². The van der Waals surface area contributed by atoms with Crippen molar-refractivity contribution in [3.63, 3.8) is 0 Å². The van der Waals surface area contributed by atoms with Crippen molar-refractivity contribution in [2.45, 2.75) is 18.9 Å². The van der Waals surface area contributed by atoms with Crippen LogP contribution in [0.4, 0.5) is 5.69 Å². The fourth-order valence-electron chi connectivity index (χ4n) is 2.89. The number of nitrogens with two attached hydrogens (primary N) is 3. The van der Waals surface area contributed by atoms with E-state index < -0.39 is 12.0 Å². The molecule has 8 N–H and O–H groups in total. The molecule has 3 aromatic rings.